The Morgan fingerprint density at radius 1 is 1.06 bits per heavy atom. The molecule has 0 bridgehead atoms. The van der Waals surface area contributed by atoms with Crippen LogP contribution in [0.4, 0.5) is 0 Å². The number of carbonyl (C=O) groups is 1. The van der Waals surface area contributed by atoms with Crippen LogP contribution in [0.15, 0.2) is 42.6 Å². The van der Waals surface area contributed by atoms with Crippen molar-refractivity contribution in [1.29, 1.82) is 0 Å². The highest BCUT2D eigenvalue weighted by atomic mass is 16.5. The third-order valence-electron chi connectivity index (χ3n) is 5.46. The van der Waals surface area contributed by atoms with Crippen molar-refractivity contribution in [3.63, 3.8) is 0 Å². The Bertz CT molecular complexity index is 1070. The summed E-state index contributed by atoms with van der Waals surface area (Å²) in [6.07, 6.45) is 1.68. The van der Waals surface area contributed by atoms with Crippen LogP contribution in [0, 0.1) is 13.8 Å². The first-order chi connectivity index (χ1) is 14.8. The molecule has 1 heterocycles. The first-order valence-corrected chi connectivity index (χ1v) is 10.4. The maximum Gasteiger partial charge on any atom is 0.257 e. The number of benzene rings is 2. The lowest BCUT2D eigenvalue weighted by Gasteiger charge is -2.21. The molecular formula is C25H31N3O3. The summed E-state index contributed by atoms with van der Waals surface area (Å²) in [4.78, 5) is 15.1. The van der Waals surface area contributed by atoms with E-state index in [-0.39, 0.29) is 11.8 Å². The molecule has 0 aliphatic rings. The number of aryl methyl sites for hydroxylation is 2. The van der Waals surface area contributed by atoms with Crippen LogP contribution in [0.1, 0.15) is 52.5 Å². The standard InChI is InChI=1S/C25H31N3O3/c1-16(2)24-21(14-26-28(24)20-10-8-17(3)9-11-20)25(29)27(5)15-19-13-23(31-7)22(30-6)12-18(19)4/h8-14,16H,15H2,1-7H3. The topological polar surface area (TPSA) is 56.6 Å². The van der Waals surface area contributed by atoms with Gasteiger partial charge in [0.15, 0.2) is 11.5 Å². The molecular weight excluding hydrogens is 390 g/mol. The maximum atomic E-state index is 13.4. The van der Waals surface area contributed by atoms with E-state index in [0.717, 1.165) is 22.5 Å². The number of rotatable bonds is 7. The summed E-state index contributed by atoms with van der Waals surface area (Å²) >= 11 is 0. The summed E-state index contributed by atoms with van der Waals surface area (Å²) < 4.78 is 12.7. The second kappa shape index (κ2) is 9.25. The molecule has 1 aromatic heterocycles. The molecule has 1 amide bonds. The van der Waals surface area contributed by atoms with Crippen LogP contribution in [0.25, 0.3) is 5.69 Å². The number of methoxy groups -OCH3 is 2. The third-order valence-corrected chi connectivity index (χ3v) is 5.46. The quantitative estimate of drug-likeness (QED) is 0.544. The predicted molar refractivity (Wildman–Crippen MR) is 122 cm³/mol. The highest BCUT2D eigenvalue weighted by Gasteiger charge is 2.24. The Morgan fingerprint density at radius 2 is 1.68 bits per heavy atom. The first-order valence-electron chi connectivity index (χ1n) is 10.4. The van der Waals surface area contributed by atoms with Gasteiger partial charge in [-0.3, -0.25) is 4.79 Å². The fraction of sp³-hybridized carbons (Fsp3) is 0.360. The lowest BCUT2D eigenvalue weighted by molar-refractivity contribution is 0.0783. The lowest BCUT2D eigenvalue weighted by atomic mass is 10.0. The van der Waals surface area contributed by atoms with Crippen molar-refractivity contribution in [3.05, 3.63) is 70.5 Å². The number of amides is 1. The van der Waals surface area contributed by atoms with Gasteiger partial charge in [0.25, 0.3) is 5.91 Å². The van der Waals surface area contributed by atoms with E-state index in [1.165, 1.54) is 5.56 Å². The van der Waals surface area contributed by atoms with Crippen LogP contribution in [-0.2, 0) is 6.54 Å². The number of nitrogens with zero attached hydrogens (tertiary/aromatic N) is 3. The van der Waals surface area contributed by atoms with Gasteiger partial charge in [-0.1, -0.05) is 31.5 Å². The Balaban J connectivity index is 1.92. The van der Waals surface area contributed by atoms with Gasteiger partial charge in [0.1, 0.15) is 0 Å². The second-order valence-corrected chi connectivity index (χ2v) is 8.14. The average molecular weight is 422 g/mol. The highest BCUT2D eigenvalue weighted by Crippen LogP contribution is 2.31. The molecule has 6 nitrogen and oxygen atoms in total. The molecule has 0 aliphatic carbocycles. The molecule has 0 radical (unpaired) electrons. The summed E-state index contributed by atoms with van der Waals surface area (Å²) in [7, 11) is 5.04. The minimum atomic E-state index is -0.0590. The van der Waals surface area contributed by atoms with Gasteiger partial charge in [0.2, 0.25) is 0 Å². The van der Waals surface area contributed by atoms with E-state index in [9.17, 15) is 4.79 Å². The van der Waals surface area contributed by atoms with Gasteiger partial charge in [0.05, 0.1) is 37.4 Å². The Morgan fingerprint density at radius 3 is 2.26 bits per heavy atom. The summed E-state index contributed by atoms with van der Waals surface area (Å²) in [6, 6.07) is 12.0. The van der Waals surface area contributed by atoms with Gasteiger partial charge in [0, 0.05) is 13.6 Å². The summed E-state index contributed by atoms with van der Waals surface area (Å²) in [5.41, 5.74) is 5.71. The molecule has 0 fully saturated rings. The predicted octanol–water partition coefficient (Wildman–Crippen LogP) is 4.90. The Labute approximate surface area is 184 Å². The number of hydrogen-bond donors (Lipinski definition) is 0. The SMILES string of the molecule is COc1cc(C)c(CN(C)C(=O)c2cnn(-c3ccc(C)cc3)c2C(C)C)cc1OC. The van der Waals surface area contributed by atoms with Crippen LogP contribution < -0.4 is 9.47 Å². The van der Waals surface area contributed by atoms with E-state index < -0.39 is 0 Å². The summed E-state index contributed by atoms with van der Waals surface area (Å²) in [5, 5.41) is 4.55. The van der Waals surface area contributed by atoms with E-state index in [1.807, 2.05) is 42.9 Å². The van der Waals surface area contributed by atoms with Crippen molar-refractivity contribution in [2.75, 3.05) is 21.3 Å². The zero-order chi connectivity index (χ0) is 22.7. The van der Waals surface area contributed by atoms with E-state index >= 15 is 0 Å². The largest absolute Gasteiger partial charge is 0.493 e. The minimum absolute atomic E-state index is 0.0590. The molecule has 3 aromatic rings. The van der Waals surface area contributed by atoms with Crippen molar-refractivity contribution in [2.45, 2.75) is 40.2 Å². The number of ether oxygens (including phenoxy) is 2. The van der Waals surface area contributed by atoms with E-state index in [2.05, 4.69) is 38.0 Å². The van der Waals surface area contributed by atoms with Crippen molar-refractivity contribution in [3.8, 4) is 17.2 Å². The van der Waals surface area contributed by atoms with Gasteiger partial charge in [-0.25, -0.2) is 4.68 Å². The van der Waals surface area contributed by atoms with Crippen LogP contribution in [0.2, 0.25) is 0 Å². The van der Waals surface area contributed by atoms with Crippen molar-refractivity contribution < 1.29 is 14.3 Å². The molecule has 0 spiro atoms. The first kappa shape index (κ1) is 22.4. The molecule has 2 aromatic carbocycles. The van der Waals surface area contributed by atoms with Gasteiger partial charge in [-0.05, 0) is 55.2 Å². The van der Waals surface area contributed by atoms with Gasteiger partial charge >= 0.3 is 0 Å². The zero-order valence-corrected chi connectivity index (χ0v) is 19.4. The molecule has 0 N–H and O–H groups in total. The van der Waals surface area contributed by atoms with E-state index in [1.54, 1.807) is 25.3 Å². The molecule has 3 rings (SSSR count). The molecule has 0 saturated heterocycles. The second-order valence-electron chi connectivity index (χ2n) is 8.14. The minimum Gasteiger partial charge on any atom is -0.493 e. The smallest absolute Gasteiger partial charge is 0.257 e. The van der Waals surface area contributed by atoms with Crippen LogP contribution in [0.5, 0.6) is 11.5 Å². The molecule has 0 unspecified atom stereocenters. The number of hydrogen-bond acceptors (Lipinski definition) is 4. The van der Waals surface area contributed by atoms with Gasteiger partial charge < -0.3 is 14.4 Å². The summed E-state index contributed by atoms with van der Waals surface area (Å²) in [5.74, 6) is 1.41. The lowest BCUT2D eigenvalue weighted by Crippen LogP contribution is -2.27. The van der Waals surface area contributed by atoms with Crippen molar-refractivity contribution >= 4 is 5.91 Å². The monoisotopic (exact) mass is 421 g/mol. The molecule has 6 heteroatoms. The molecule has 0 saturated carbocycles. The molecule has 164 valence electrons. The van der Waals surface area contributed by atoms with Crippen LogP contribution in [-0.4, -0.2) is 41.9 Å². The molecule has 0 aliphatic heterocycles. The van der Waals surface area contributed by atoms with Crippen LogP contribution in [0.3, 0.4) is 0 Å². The fourth-order valence-corrected chi connectivity index (χ4v) is 3.70. The molecule has 0 atom stereocenters. The number of carbonyl (C=O) groups excluding carboxylic acids is 1. The zero-order valence-electron chi connectivity index (χ0n) is 19.4. The van der Waals surface area contributed by atoms with Gasteiger partial charge in [-0.15, -0.1) is 0 Å². The van der Waals surface area contributed by atoms with Gasteiger partial charge in [-0.2, -0.15) is 5.10 Å². The Kier molecular flexibility index (Phi) is 6.68. The summed E-state index contributed by atoms with van der Waals surface area (Å²) in [6.45, 7) is 8.67. The average Bonchev–Trinajstić information content (AvgIpc) is 3.20. The van der Waals surface area contributed by atoms with Crippen LogP contribution >= 0.6 is 0 Å². The van der Waals surface area contributed by atoms with Crippen molar-refractivity contribution in [1.82, 2.24) is 14.7 Å². The van der Waals surface area contributed by atoms with E-state index in [4.69, 9.17) is 9.47 Å². The maximum absolute atomic E-state index is 13.4. The Hall–Kier alpha value is -3.28. The number of aromatic nitrogens is 2. The van der Waals surface area contributed by atoms with E-state index in [0.29, 0.717) is 23.6 Å². The highest BCUT2D eigenvalue weighted by molar-refractivity contribution is 5.95. The van der Waals surface area contributed by atoms with Crippen molar-refractivity contribution in [2.24, 2.45) is 0 Å². The fourth-order valence-electron chi connectivity index (χ4n) is 3.70. The third kappa shape index (κ3) is 4.58. The molecule has 31 heavy (non-hydrogen) atoms. The normalized spacial score (nSPS) is 11.0.